The molecular weight excluding hydrogens is 278 g/mol. The molecule has 1 aliphatic carbocycles. The van der Waals surface area contributed by atoms with Crippen molar-refractivity contribution in [3.05, 3.63) is 23.3 Å². The molecule has 1 N–H and O–H groups in total. The maximum atomic E-state index is 6.10. The van der Waals surface area contributed by atoms with Crippen LogP contribution >= 0.6 is 0 Å². The van der Waals surface area contributed by atoms with Crippen LogP contribution in [0, 0.1) is 0 Å². The highest BCUT2D eigenvalue weighted by atomic mass is 16.5. The first-order valence-corrected chi connectivity index (χ1v) is 8.62. The van der Waals surface area contributed by atoms with Crippen LogP contribution in [0.1, 0.15) is 49.2 Å². The van der Waals surface area contributed by atoms with Crippen LogP contribution in [0.15, 0.2) is 6.20 Å². The Labute approximate surface area is 131 Å². The normalized spacial score (nSPS) is 27.0. The highest BCUT2D eigenvalue weighted by molar-refractivity contribution is 5.22. The van der Waals surface area contributed by atoms with E-state index in [1.807, 2.05) is 6.20 Å². The molecule has 5 heteroatoms. The molecule has 3 heterocycles. The van der Waals surface area contributed by atoms with E-state index >= 15 is 0 Å². The van der Waals surface area contributed by atoms with Gasteiger partial charge in [-0.25, -0.2) is 9.97 Å². The van der Waals surface area contributed by atoms with Gasteiger partial charge in [0.25, 0.3) is 0 Å². The first kappa shape index (κ1) is 14.5. The maximum Gasteiger partial charge on any atom is 0.142 e. The smallest absolute Gasteiger partial charge is 0.142 e. The average Bonchev–Trinajstić information content (AvgIpc) is 3.01. The monoisotopic (exact) mass is 303 g/mol. The molecule has 0 radical (unpaired) electrons. The molecule has 0 bridgehead atoms. The van der Waals surface area contributed by atoms with Crippen molar-refractivity contribution >= 4 is 0 Å². The van der Waals surface area contributed by atoms with Crippen LogP contribution in [0.4, 0.5) is 0 Å². The quantitative estimate of drug-likeness (QED) is 0.922. The Kier molecular flexibility index (Phi) is 4.11. The van der Waals surface area contributed by atoms with Crippen LogP contribution in [0.5, 0.6) is 0 Å². The van der Waals surface area contributed by atoms with Gasteiger partial charge in [-0.2, -0.15) is 0 Å². The summed E-state index contributed by atoms with van der Waals surface area (Å²) in [5.74, 6) is 0.938. The third-order valence-electron chi connectivity index (χ3n) is 5.31. The molecule has 2 saturated heterocycles. The number of nitrogens with one attached hydrogen (secondary N) is 1. The van der Waals surface area contributed by atoms with Crippen LogP contribution in [0.2, 0.25) is 0 Å². The summed E-state index contributed by atoms with van der Waals surface area (Å²) in [4.78, 5) is 9.23. The van der Waals surface area contributed by atoms with Gasteiger partial charge in [0.2, 0.25) is 0 Å². The van der Waals surface area contributed by atoms with Crippen LogP contribution < -0.4 is 5.32 Å². The zero-order chi connectivity index (χ0) is 14.8. The van der Waals surface area contributed by atoms with E-state index in [0.29, 0.717) is 6.04 Å². The van der Waals surface area contributed by atoms with Crippen molar-refractivity contribution in [2.75, 3.05) is 19.8 Å². The Bertz CT molecular complexity index is 523. The fourth-order valence-electron chi connectivity index (χ4n) is 3.97. The predicted molar refractivity (Wildman–Crippen MR) is 82.7 cm³/mol. The Morgan fingerprint density at radius 3 is 3.05 bits per heavy atom. The summed E-state index contributed by atoms with van der Waals surface area (Å²) < 4.78 is 11.6. The van der Waals surface area contributed by atoms with Crippen molar-refractivity contribution < 1.29 is 9.47 Å². The molecule has 22 heavy (non-hydrogen) atoms. The van der Waals surface area contributed by atoms with Crippen molar-refractivity contribution in [2.24, 2.45) is 0 Å². The molecule has 3 aliphatic rings. The zero-order valence-electron chi connectivity index (χ0n) is 13.1. The Morgan fingerprint density at radius 1 is 1.23 bits per heavy atom. The van der Waals surface area contributed by atoms with E-state index in [-0.39, 0.29) is 5.60 Å². The number of fused-ring (bicyclic) bond motifs is 1. The molecule has 5 nitrogen and oxygen atoms in total. The molecule has 4 rings (SSSR count). The van der Waals surface area contributed by atoms with Gasteiger partial charge in [0.1, 0.15) is 5.82 Å². The predicted octanol–water partition coefficient (Wildman–Crippen LogP) is 1.78. The van der Waals surface area contributed by atoms with Gasteiger partial charge < -0.3 is 14.8 Å². The minimum absolute atomic E-state index is 0.0486. The van der Waals surface area contributed by atoms with Crippen molar-refractivity contribution in [1.82, 2.24) is 15.3 Å². The van der Waals surface area contributed by atoms with Gasteiger partial charge in [0, 0.05) is 37.8 Å². The summed E-state index contributed by atoms with van der Waals surface area (Å²) >= 11 is 0. The van der Waals surface area contributed by atoms with Crippen molar-refractivity contribution in [3.63, 3.8) is 0 Å². The van der Waals surface area contributed by atoms with Gasteiger partial charge in [0.05, 0.1) is 12.1 Å². The fraction of sp³-hybridized carbons (Fsp3) is 0.765. The summed E-state index contributed by atoms with van der Waals surface area (Å²) in [6.07, 6.45) is 9.73. The molecular formula is C17H25N3O2. The molecule has 0 aromatic carbocycles. The van der Waals surface area contributed by atoms with Crippen LogP contribution in [0.25, 0.3) is 0 Å². The second kappa shape index (κ2) is 6.22. The van der Waals surface area contributed by atoms with E-state index in [9.17, 15) is 0 Å². The van der Waals surface area contributed by atoms with Crippen molar-refractivity contribution in [1.29, 1.82) is 0 Å². The lowest BCUT2D eigenvalue weighted by molar-refractivity contribution is -0.140. The average molecular weight is 303 g/mol. The first-order valence-electron chi connectivity index (χ1n) is 8.62. The van der Waals surface area contributed by atoms with Gasteiger partial charge >= 0.3 is 0 Å². The molecule has 1 spiro atoms. The highest BCUT2D eigenvalue weighted by Crippen LogP contribution is 2.34. The minimum Gasteiger partial charge on any atom is -0.381 e. The Morgan fingerprint density at radius 2 is 2.14 bits per heavy atom. The number of hydrogen-bond acceptors (Lipinski definition) is 5. The third kappa shape index (κ3) is 3.03. The lowest BCUT2D eigenvalue weighted by Gasteiger charge is -2.43. The topological polar surface area (TPSA) is 56.3 Å². The number of aryl methyl sites for hydroxylation is 2. The van der Waals surface area contributed by atoms with Crippen LogP contribution in [0.3, 0.4) is 0 Å². The van der Waals surface area contributed by atoms with Gasteiger partial charge in [-0.05, 0) is 50.5 Å². The van der Waals surface area contributed by atoms with E-state index in [0.717, 1.165) is 70.7 Å². The van der Waals surface area contributed by atoms with Gasteiger partial charge in [-0.1, -0.05) is 0 Å². The minimum atomic E-state index is 0.0486. The molecule has 1 aromatic rings. The molecule has 1 aromatic heterocycles. The second-order valence-electron chi connectivity index (χ2n) is 6.83. The van der Waals surface area contributed by atoms with E-state index in [2.05, 4.69) is 10.3 Å². The largest absolute Gasteiger partial charge is 0.381 e. The summed E-state index contributed by atoms with van der Waals surface area (Å²) in [6.45, 7) is 3.29. The molecule has 120 valence electrons. The maximum absolute atomic E-state index is 6.10. The second-order valence-corrected chi connectivity index (χ2v) is 6.83. The van der Waals surface area contributed by atoms with Gasteiger partial charge in [-0.3, -0.25) is 0 Å². The van der Waals surface area contributed by atoms with E-state index in [1.165, 1.54) is 17.7 Å². The standard InChI is InChI=1S/C17H25N3O2/c1-2-13-11-19-16(20-15(13)3-1)12-18-14-4-7-22-17(10-14)5-8-21-9-6-17/h11,14,18H,1-10,12H2. The number of aromatic nitrogens is 2. The van der Waals surface area contributed by atoms with E-state index < -0.39 is 0 Å². The SMILES string of the molecule is c1nc(CNC2CCOC3(CCOCC3)C2)nc2c1CCC2. The zero-order valence-corrected chi connectivity index (χ0v) is 13.1. The molecule has 0 saturated carbocycles. The molecule has 1 atom stereocenters. The first-order chi connectivity index (χ1) is 10.8. The third-order valence-corrected chi connectivity index (χ3v) is 5.31. The van der Waals surface area contributed by atoms with Crippen molar-refractivity contribution in [3.8, 4) is 0 Å². The fourth-order valence-corrected chi connectivity index (χ4v) is 3.97. The number of ether oxygens (including phenoxy) is 2. The number of nitrogens with zero attached hydrogens (tertiary/aromatic N) is 2. The molecule has 1 unspecified atom stereocenters. The highest BCUT2D eigenvalue weighted by Gasteiger charge is 2.38. The summed E-state index contributed by atoms with van der Waals surface area (Å²) in [6, 6.07) is 0.503. The van der Waals surface area contributed by atoms with Crippen LogP contribution in [-0.4, -0.2) is 41.4 Å². The van der Waals surface area contributed by atoms with Crippen LogP contribution in [-0.2, 0) is 28.9 Å². The molecule has 0 amide bonds. The van der Waals surface area contributed by atoms with Gasteiger partial charge in [0.15, 0.2) is 0 Å². The summed E-state index contributed by atoms with van der Waals surface area (Å²) in [5.41, 5.74) is 2.66. The Hall–Kier alpha value is -1.04. The molecule has 2 aliphatic heterocycles. The lowest BCUT2D eigenvalue weighted by Crippen LogP contribution is -2.49. The molecule has 2 fully saturated rings. The number of hydrogen-bond donors (Lipinski definition) is 1. The van der Waals surface area contributed by atoms with Crippen molar-refractivity contribution in [2.45, 2.75) is 63.1 Å². The summed E-state index contributed by atoms with van der Waals surface area (Å²) in [7, 11) is 0. The summed E-state index contributed by atoms with van der Waals surface area (Å²) in [5, 5.41) is 3.65. The lowest BCUT2D eigenvalue weighted by atomic mass is 9.84. The van der Waals surface area contributed by atoms with Gasteiger partial charge in [-0.15, -0.1) is 0 Å². The van der Waals surface area contributed by atoms with E-state index in [1.54, 1.807) is 0 Å². The number of rotatable bonds is 3. The van der Waals surface area contributed by atoms with E-state index in [4.69, 9.17) is 14.5 Å². The Balaban J connectivity index is 1.35.